The van der Waals surface area contributed by atoms with Crippen LogP contribution in [0, 0.1) is 0 Å². The summed E-state index contributed by atoms with van der Waals surface area (Å²) in [4.78, 5) is 3.96. The molecule has 1 fully saturated rings. The molecule has 0 amide bonds. The van der Waals surface area contributed by atoms with E-state index in [2.05, 4.69) is 34.7 Å². The quantitative estimate of drug-likeness (QED) is 0.876. The smallest absolute Gasteiger partial charge is 0.181 e. The molecular formula is C16H21N3O. The fourth-order valence-corrected chi connectivity index (χ4v) is 2.85. The number of rotatable bonds is 5. The van der Waals surface area contributed by atoms with Gasteiger partial charge in [0.05, 0.1) is 6.20 Å². The molecule has 20 heavy (non-hydrogen) atoms. The van der Waals surface area contributed by atoms with Gasteiger partial charge in [0.2, 0.25) is 0 Å². The Balaban J connectivity index is 1.63. The van der Waals surface area contributed by atoms with E-state index in [1.807, 2.05) is 12.1 Å². The number of aromatic nitrogens is 1. The zero-order valence-electron chi connectivity index (χ0n) is 11.8. The molecule has 2 N–H and O–H groups in total. The van der Waals surface area contributed by atoms with Crippen LogP contribution in [-0.2, 0) is 0 Å². The predicted molar refractivity (Wildman–Crippen MR) is 80.7 cm³/mol. The molecule has 4 heteroatoms. The lowest BCUT2D eigenvalue weighted by Crippen LogP contribution is -2.29. The first-order valence-corrected chi connectivity index (χ1v) is 7.30. The largest absolute Gasteiger partial charge is 0.444 e. The zero-order chi connectivity index (χ0) is 13.8. The van der Waals surface area contributed by atoms with Crippen LogP contribution in [0.25, 0.3) is 11.3 Å². The normalized spacial score (nSPS) is 19.9. The molecule has 0 aliphatic carbocycles. The SMILES string of the molecule is CC(CC1CCCN1)Nc1cccc(-c2cnco2)c1. The summed E-state index contributed by atoms with van der Waals surface area (Å²) in [6.45, 7) is 3.40. The Kier molecular flexibility index (Phi) is 4.02. The molecule has 4 nitrogen and oxygen atoms in total. The fraction of sp³-hybridized carbons (Fsp3) is 0.438. The third-order valence-electron chi connectivity index (χ3n) is 3.79. The van der Waals surface area contributed by atoms with Gasteiger partial charge in [-0.3, -0.25) is 0 Å². The topological polar surface area (TPSA) is 50.1 Å². The summed E-state index contributed by atoms with van der Waals surface area (Å²) in [5, 5.41) is 7.11. The second-order valence-corrected chi connectivity index (χ2v) is 5.52. The minimum atomic E-state index is 0.454. The Bertz CT molecular complexity index is 532. The summed E-state index contributed by atoms with van der Waals surface area (Å²) in [7, 11) is 0. The van der Waals surface area contributed by atoms with Crippen LogP contribution in [-0.4, -0.2) is 23.6 Å². The first-order valence-electron chi connectivity index (χ1n) is 7.30. The van der Waals surface area contributed by atoms with E-state index in [9.17, 15) is 0 Å². The van der Waals surface area contributed by atoms with Crippen molar-refractivity contribution in [3.8, 4) is 11.3 Å². The predicted octanol–water partition coefficient (Wildman–Crippen LogP) is 3.28. The van der Waals surface area contributed by atoms with Gasteiger partial charge in [-0.2, -0.15) is 0 Å². The third-order valence-corrected chi connectivity index (χ3v) is 3.79. The maximum atomic E-state index is 5.34. The number of nitrogens with zero attached hydrogens (tertiary/aromatic N) is 1. The molecular weight excluding hydrogens is 250 g/mol. The van der Waals surface area contributed by atoms with Gasteiger partial charge in [0.1, 0.15) is 0 Å². The van der Waals surface area contributed by atoms with Crippen molar-refractivity contribution in [3.63, 3.8) is 0 Å². The van der Waals surface area contributed by atoms with Gasteiger partial charge in [-0.25, -0.2) is 4.98 Å². The molecule has 2 atom stereocenters. The van der Waals surface area contributed by atoms with E-state index in [4.69, 9.17) is 4.42 Å². The fourth-order valence-electron chi connectivity index (χ4n) is 2.85. The first kappa shape index (κ1) is 13.2. The molecule has 0 bridgehead atoms. The molecule has 1 aliphatic rings. The van der Waals surface area contributed by atoms with Crippen LogP contribution in [0.3, 0.4) is 0 Å². The molecule has 1 aromatic heterocycles. The maximum Gasteiger partial charge on any atom is 0.181 e. The molecule has 0 saturated carbocycles. The summed E-state index contributed by atoms with van der Waals surface area (Å²) >= 11 is 0. The Morgan fingerprint density at radius 2 is 2.45 bits per heavy atom. The lowest BCUT2D eigenvalue weighted by Gasteiger charge is -2.19. The molecule has 2 aromatic rings. The molecule has 0 spiro atoms. The minimum absolute atomic E-state index is 0.454. The van der Waals surface area contributed by atoms with Crippen molar-refractivity contribution in [2.75, 3.05) is 11.9 Å². The van der Waals surface area contributed by atoms with Crippen LogP contribution in [0.4, 0.5) is 5.69 Å². The second kappa shape index (κ2) is 6.09. The van der Waals surface area contributed by atoms with Crippen molar-refractivity contribution in [1.82, 2.24) is 10.3 Å². The first-order chi connectivity index (χ1) is 9.81. The van der Waals surface area contributed by atoms with Gasteiger partial charge in [0, 0.05) is 23.3 Å². The van der Waals surface area contributed by atoms with Gasteiger partial charge in [-0.1, -0.05) is 12.1 Å². The Hall–Kier alpha value is -1.81. The summed E-state index contributed by atoms with van der Waals surface area (Å²) in [5.74, 6) is 0.804. The highest BCUT2D eigenvalue weighted by Gasteiger charge is 2.16. The Morgan fingerprint density at radius 1 is 1.50 bits per heavy atom. The van der Waals surface area contributed by atoms with Gasteiger partial charge >= 0.3 is 0 Å². The molecule has 1 aromatic carbocycles. The van der Waals surface area contributed by atoms with Crippen LogP contribution < -0.4 is 10.6 Å². The number of hydrogen-bond acceptors (Lipinski definition) is 4. The number of oxazole rings is 1. The van der Waals surface area contributed by atoms with Gasteiger partial charge in [0.15, 0.2) is 12.2 Å². The van der Waals surface area contributed by atoms with Crippen LogP contribution >= 0.6 is 0 Å². The Morgan fingerprint density at radius 3 is 3.20 bits per heavy atom. The van der Waals surface area contributed by atoms with Crippen molar-refractivity contribution >= 4 is 5.69 Å². The summed E-state index contributed by atoms with van der Waals surface area (Å²) < 4.78 is 5.34. The van der Waals surface area contributed by atoms with Gasteiger partial charge in [-0.15, -0.1) is 0 Å². The molecule has 0 radical (unpaired) electrons. The van der Waals surface area contributed by atoms with E-state index in [0.717, 1.165) is 23.4 Å². The number of hydrogen-bond donors (Lipinski definition) is 2. The summed E-state index contributed by atoms with van der Waals surface area (Å²) in [6.07, 6.45) is 6.96. The molecule has 1 aliphatic heterocycles. The zero-order valence-corrected chi connectivity index (χ0v) is 11.8. The molecule has 2 unspecified atom stereocenters. The van der Waals surface area contributed by atoms with Crippen molar-refractivity contribution in [2.45, 2.75) is 38.3 Å². The highest BCUT2D eigenvalue weighted by Crippen LogP contribution is 2.23. The molecule has 2 heterocycles. The van der Waals surface area contributed by atoms with Crippen molar-refractivity contribution in [2.24, 2.45) is 0 Å². The van der Waals surface area contributed by atoms with E-state index in [1.54, 1.807) is 6.20 Å². The van der Waals surface area contributed by atoms with Crippen LogP contribution in [0.2, 0.25) is 0 Å². The Labute approximate surface area is 119 Å². The minimum Gasteiger partial charge on any atom is -0.444 e. The average Bonchev–Trinajstić information content (AvgIpc) is 3.11. The third kappa shape index (κ3) is 3.20. The summed E-state index contributed by atoms with van der Waals surface area (Å²) in [6, 6.07) is 9.40. The monoisotopic (exact) mass is 271 g/mol. The number of benzene rings is 1. The van der Waals surface area contributed by atoms with E-state index in [0.29, 0.717) is 12.1 Å². The van der Waals surface area contributed by atoms with Crippen molar-refractivity contribution in [1.29, 1.82) is 0 Å². The highest BCUT2D eigenvalue weighted by atomic mass is 16.3. The van der Waals surface area contributed by atoms with E-state index >= 15 is 0 Å². The van der Waals surface area contributed by atoms with Crippen LogP contribution in [0.5, 0.6) is 0 Å². The summed E-state index contributed by atoms with van der Waals surface area (Å²) in [5.41, 5.74) is 2.18. The molecule has 1 saturated heterocycles. The second-order valence-electron chi connectivity index (χ2n) is 5.52. The maximum absolute atomic E-state index is 5.34. The van der Waals surface area contributed by atoms with E-state index in [-0.39, 0.29) is 0 Å². The standard InChI is InChI=1S/C16H21N3O/c1-12(8-14-6-3-7-18-14)19-15-5-2-4-13(9-15)16-10-17-11-20-16/h2,4-5,9-12,14,18-19H,3,6-8H2,1H3. The average molecular weight is 271 g/mol. The van der Waals surface area contributed by atoms with E-state index in [1.165, 1.54) is 25.8 Å². The highest BCUT2D eigenvalue weighted by molar-refractivity contribution is 5.63. The van der Waals surface area contributed by atoms with Crippen LogP contribution in [0.1, 0.15) is 26.2 Å². The van der Waals surface area contributed by atoms with Gasteiger partial charge in [0.25, 0.3) is 0 Å². The van der Waals surface area contributed by atoms with Crippen molar-refractivity contribution < 1.29 is 4.42 Å². The van der Waals surface area contributed by atoms with Gasteiger partial charge in [-0.05, 0) is 44.9 Å². The van der Waals surface area contributed by atoms with Gasteiger partial charge < -0.3 is 15.1 Å². The molecule has 3 rings (SSSR count). The van der Waals surface area contributed by atoms with E-state index < -0.39 is 0 Å². The lowest BCUT2D eigenvalue weighted by atomic mass is 10.1. The lowest BCUT2D eigenvalue weighted by molar-refractivity contribution is 0.523. The number of nitrogens with one attached hydrogen (secondary N) is 2. The van der Waals surface area contributed by atoms with Crippen molar-refractivity contribution in [3.05, 3.63) is 36.9 Å². The number of anilines is 1. The van der Waals surface area contributed by atoms with Crippen LogP contribution in [0.15, 0.2) is 41.3 Å². The molecule has 106 valence electrons.